The molecule has 1 fully saturated rings. The van der Waals surface area contributed by atoms with Crippen LogP contribution < -0.4 is 14.8 Å². The number of hydrogen-bond acceptors (Lipinski definition) is 5. The largest absolute Gasteiger partial charge is 0.497 e. The zero-order valence-electron chi connectivity index (χ0n) is 18.3. The Morgan fingerprint density at radius 3 is 1.93 bits per heavy atom. The highest BCUT2D eigenvalue weighted by Crippen LogP contribution is 2.29. The summed E-state index contributed by atoms with van der Waals surface area (Å²) in [5.74, 6) is 2.27. The summed E-state index contributed by atoms with van der Waals surface area (Å²) in [4.78, 5) is 0. The summed E-state index contributed by atoms with van der Waals surface area (Å²) in [6.07, 6.45) is 4.21. The van der Waals surface area contributed by atoms with E-state index in [0.29, 0.717) is 18.5 Å². The molecular formula is C25H35NO4. The van der Waals surface area contributed by atoms with E-state index in [1.54, 1.807) is 14.2 Å². The molecule has 2 N–H and O–H groups in total. The van der Waals surface area contributed by atoms with Crippen LogP contribution in [-0.4, -0.2) is 44.6 Å². The lowest BCUT2D eigenvalue weighted by Gasteiger charge is -2.30. The molecule has 164 valence electrons. The molecule has 3 atom stereocenters. The predicted octanol–water partition coefficient (Wildman–Crippen LogP) is 4.34. The van der Waals surface area contributed by atoms with Gasteiger partial charge in [-0.2, -0.15) is 0 Å². The Hall–Kier alpha value is -2.08. The van der Waals surface area contributed by atoms with Crippen LogP contribution in [0.1, 0.15) is 49.8 Å². The zero-order valence-corrected chi connectivity index (χ0v) is 18.3. The topological polar surface area (TPSA) is 60.0 Å². The third kappa shape index (κ3) is 6.21. The number of hydrogen-bond donors (Lipinski definition) is 2. The van der Waals surface area contributed by atoms with Crippen molar-refractivity contribution in [1.82, 2.24) is 5.32 Å². The van der Waals surface area contributed by atoms with Crippen LogP contribution in [0.25, 0.3) is 0 Å². The van der Waals surface area contributed by atoms with Crippen molar-refractivity contribution in [2.24, 2.45) is 5.92 Å². The van der Waals surface area contributed by atoms with Gasteiger partial charge in [0, 0.05) is 12.6 Å². The van der Waals surface area contributed by atoms with Crippen molar-refractivity contribution in [3.63, 3.8) is 0 Å². The first-order valence-electron chi connectivity index (χ1n) is 10.9. The van der Waals surface area contributed by atoms with Gasteiger partial charge in [-0.1, -0.05) is 44.0 Å². The molecule has 1 aliphatic carbocycles. The van der Waals surface area contributed by atoms with E-state index in [1.807, 2.05) is 48.5 Å². The number of methoxy groups -OCH3 is 2. The molecule has 0 aliphatic heterocycles. The summed E-state index contributed by atoms with van der Waals surface area (Å²) in [5.41, 5.74) is 2.03. The van der Waals surface area contributed by atoms with Crippen molar-refractivity contribution in [2.45, 2.75) is 50.9 Å². The van der Waals surface area contributed by atoms with E-state index in [-0.39, 0.29) is 12.7 Å². The second kappa shape index (κ2) is 11.3. The van der Waals surface area contributed by atoms with E-state index >= 15 is 0 Å². The first-order chi connectivity index (χ1) is 14.6. The highest BCUT2D eigenvalue weighted by Gasteiger charge is 2.22. The van der Waals surface area contributed by atoms with Crippen molar-refractivity contribution in [3.8, 4) is 11.5 Å². The van der Waals surface area contributed by atoms with Crippen LogP contribution in [0.3, 0.4) is 0 Å². The highest BCUT2D eigenvalue weighted by molar-refractivity contribution is 5.36. The Morgan fingerprint density at radius 2 is 1.43 bits per heavy atom. The van der Waals surface area contributed by atoms with Crippen molar-refractivity contribution in [3.05, 3.63) is 59.7 Å². The molecule has 5 nitrogen and oxygen atoms in total. The minimum Gasteiger partial charge on any atom is -0.497 e. The molecule has 30 heavy (non-hydrogen) atoms. The first-order valence-corrected chi connectivity index (χ1v) is 10.9. The molecule has 0 bridgehead atoms. The van der Waals surface area contributed by atoms with Gasteiger partial charge in [-0.25, -0.2) is 0 Å². The summed E-state index contributed by atoms with van der Waals surface area (Å²) in [6, 6.07) is 16.2. The van der Waals surface area contributed by atoms with Crippen LogP contribution in [0.4, 0.5) is 0 Å². The Morgan fingerprint density at radius 1 is 0.900 bits per heavy atom. The van der Waals surface area contributed by atoms with E-state index in [4.69, 9.17) is 14.2 Å². The summed E-state index contributed by atoms with van der Waals surface area (Å²) < 4.78 is 16.8. The lowest BCUT2D eigenvalue weighted by molar-refractivity contribution is 0.00444. The van der Waals surface area contributed by atoms with E-state index in [2.05, 4.69) is 12.2 Å². The van der Waals surface area contributed by atoms with Gasteiger partial charge in [-0.15, -0.1) is 0 Å². The van der Waals surface area contributed by atoms with Gasteiger partial charge in [0.2, 0.25) is 0 Å². The lowest BCUT2D eigenvalue weighted by Crippen LogP contribution is -2.42. The number of nitrogens with one attached hydrogen (secondary N) is 1. The zero-order chi connectivity index (χ0) is 21.3. The predicted molar refractivity (Wildman–Crippen MR) is 119 cm³/mol. The quantitative estimate of drug-likeness (QED) is 0.607. The average molecular weight is 414 g/mol. The Balaban J connectivity index is 1.63. The van der Waals surface area contributed by atoms with E-state index in [9.17, 15) is 5.11 Å². The molecule has 0 unspecified atom stereocenters. The summed E-state index contributed by atoms with van der Waals surface area (Å²) in [7, 11) is 3.31. The summed E-state index contributed by atoms with van der Waals surface area (Å²) in [6.45, 7) is 3.10. The minimum absolute atomic E-state index is 0.261. The normalized spacial score (nSPS) is 20.2. The second-order valence-corrected chi connectivity index (χ2v) is 8.19. The van der Waals surface area contributed by atoms with E-state index < -0.39 is 6.10 Å². The van der Waals surface area contributed by atoms with Gasteiger partial charge in [-0.05, 0) is 54.2 Å². The van der Waals surface area contributed by atoms with Crippen LogP contribution >= 0.6 is 0 Å². The molecule has 2 aromatic carbocycles. The molecule has 1 saturated carbocycles. The maximum Gasteiger partial charge on any atom is 0.118 e. The summed E-state index contributed by atoms with van der Waals surface area (Å²) in [5, 5.41) is 14.1. The summed E-state index contributed by atoms with van der Waals surface area (Å²) >= 11 is 0. The first kappa shape index (κ1) is 22.6. The highest BCUT2D eigenvalue weighted by atomic mass is 16.5. The average Bonchev–Trinajstić information content (AvgIpc) is 2.79. The van der Waals surface area contributed by atoms with E-state index in [1.165, 1.54) is 25.7 Å². The molecule has 0 heterocycles. The Labute approximate surface area is 180 Å². The third-order valence-electron chi connectivity index (χ3n) is 6.02. The molecule has 0 aromatic heterocycles. The van der Waals surface area contributed by atoms with Crippen LogP contribution in [0.5, 0.6) is 11.5 Å². The lowest BCUT2D eigenvalue weighted by atomic mass is 9.86. The fourth-order valence-electron chi connectivity index (χ4n) is 4.12. The van der Waals surface area contributed by atoms with Crippen molar-refractivity contribution in [2.75, 3.05) is 27.4 Å². The van der Waals surface area contributed by atoms with Gasteiger partial charge < -0.3 is 24.6 Å². The smallest absolute Gasteiger partial charge is 0.118 e. The van der Waals surface area contributed by atoms with Crippen LogP contribution in [0.15, 0.2) is 48.5 Å². The van der Waals surface area contributed by atoms with Gasteiger partial charge in [0.05, 0.1) is 26.9 Å². The van der Waals surface area contributed by atoms with Gasteiger partial charge in [0.1, 0.15) is 17.6 Å². The molecule has 0 saturated heterocycles. The second-order valence-electron chi connectivity index (χ2n) is 8.19. The van der Waals surface area contributed by atoms with Crippen LogP contribution in [-0.2, 0) is 4.74 Å². The molecule has 5 heteroatoms. The van der Waals surface area contributed by atoms with E-state index in [0.717, 1.165) is 22.6 Å². The maximum absolute atomic E-state index is 10.5. The van der Waals surface area contributed by atoms with Gasteiger partial charge in [-0.3, -0.25) is 0 Å². The van der Waals surface area contributed by atoms with Crippen molar-refractivity contribution >= 4 is 0 Å². The fraction of sp³-hybridized carbons (Fsp3) is 0.520. The Bertz CT molecular complexity index is 699. The molecule has 3 rings (SSSR count). The van der Waals surface area contributed by atoms with Crippen LogP contribution in [0, 0.1) is 5.92 Å². The van der Waals surface area contributed by atoms with Gasteiger partial charge in [0.25, 0.3) is 0 Å². The number of ether oxygens (including phenoxy) is 3. The molecule has 0 amide bonds. The number of benzene rings is 2. The molecule has 2 aromatic rings. The molecule has 0 spiro atoms. The third-order valence-corrected chi connectivity index (χ3v) is 6.02. The Kier molecular flexibility index (Phi) is 8.55. The number of aliphatic hydroxyl groups excluding tert-OH is 1. The number of rotatable bonds is 10. The minimum atomic E-state index is -0.557. The molecule has 1 aliphatic rings. The van der Waals surface area contributed by atoms with Gasteiger partial charge in [0.15, 0.2) is 0 Å². The van der Waals surface area contributed by atoms with Crippen molar-refractivity contribution < 1.29 is 19.3 Å². The molecular weight excluding hydrogens is 378 g/mol. The van der Waals surface area contributed by atoms with Gasteiger partial charge >= 0.3 is 0 Å². The monoisotopic (exact) mass is 413 g/mol. The fourth-order valence-corrected chi connectivity index (χ4v) is 4.12. The van der Waals surface area contributed by atoms with Crippen molar-refractivity contribution in [1.29, 1.82) is 0 Å². The molecule has 0 radical (unpaired) electrons. The number of aliphatic hydroxyl groups is 1. The maximum atomic E-state index is 10.5. The van der Waals surface area contributed by atoms with Crippen LogP contribution in [0.2, 0.25) is 0 Å². The SMILES string of the molecule is COc1ccc(C(OC[C@H](O)CN[C@@H]2CCCC[C@H]2C)c2ccc(OC)cc2)cc1. The standard InChI is InChI=1S/C25H35NO4/c1-18-6-4-5-7-24(18)26-16-21(27)17-30-25(19-8-12-22(28-2)13-9-19)20-10-14-23(29-3)15-11-20/h8-15,18,21,24-27H,4-7,16-17H2,1-3H3/t18-,21-,24-/m1/s1.